The van der Waals surface area contributed by atoms with Crippen molar-refractivity contribution in [2.24, 2.45) is 0 Å². The molecule has 1 atom stereocenters. The van der Waals surface area contributed by atoms with E-state index in [1.165, 1.54) is 0 Å². The minimum Gasteiger partial charge on any atom is -0.496 e. The molecule has 1 rings (SSSR count). The smallest absolute Gasteiger partial charge is 0.241 e. The fraction of sp³-hybridized carbons (Fsp3) is 0.533. The van der Waals surface area contributed by atoms with Gasteiger partial charge in [-0.3, -0.25) is 4.79 Å². The normalized spacial score (nSPS) is 11.9. The summed E-state index contributed by atoms with van der Waals surface area (Å²) in [6.45, 7) is 4.63. The number of aliphatic hydroxyl groups is 1. The van der Waals surface area contributed by atoms with E-state index < -0.39 is 6.10 Å². The molecule has 0 aliphatic carbocycles. The molecule has 0 spiro atoms. The molecule has 0 aromatic heterocycles. The number of ether oxygens (including phenoxy) is 1. The van der Waals surface area contributed by atoms with Crippen LogP contribution in [-0.2, 0) is 4.79 Å². The number of benzene rings is 1. The van der Waals surface area contributed by atoms with Crippen LogP contribution >= 0.6 is 0 Å². The van der Waals surface area contributed by atoms with Gasteiger partial charge >= 0.3 is 0 Å². The summed E-state index contributed by atoms with van der Waals surface area (Å²) in [5, 5.41) is 10.0. The van der Waals surface area contributed by atoms with Crippen molar-refractivity contribution in [2.75, 3.05) is 39.2 Å². The third-order valence-electron chi connectivity index (χ3n) is 3.23. The fourth-order valence-electron chi connectivity index (χ4n) is 2.08. The molecule has 5 heteroatoms. The molecule has 1 N–H and O–H groups in total. The monoisotopic (exact) mass is 280 g/mol. The number of amides is 1. The Morgan fingerprint density at radius 3 is 2.50 bits per heavy atom. The van der Waals surface area contributed by atoms with Crippen LogP contribution in [0.2, 0.25) is 0 Å². The topological polar surface area (TPSA) is 53.0 Å². The lowest BCUT2D eigenvalue weighted by molar-refractivity contribution is -0.127. The Bertz CT molecular complexity index is 458. The van der Waals surface area contributed by atoms with E-state index in [-0.39, 0.29) is 12.5 Å². The molecule has 5 nitrogen and oxygen atoms in total. The predicted molar refractivity (Wildman–Crippen MR) is 80.2 cm³/mol. The Balaban J connectivity index is 3.18. The highest BCUT2D eigenvalue weighted by Crippen LogP contribution is 2.34. The maximum atomic E-state index is 11.9. The summed E-state index contributed by atoms with van der Waals surface area (Å²) >= 11 is 0. The summed E-state index contributed by atoms with van der Waals surface area (Å²) in [5.74, 6) is 0.652. The van der Waals surface area contributed by atoms with Crippen LogP contribution in [0.25, 0.3) is 0 Å². The Hall–Kier alpha value is -1.75. The predicted octanol–water partition coefficient (Wildman–Crippen LogP) is 1.66. The van der Waals surface area contributed by atoms with Gasteiger partial charge in [0.2, 0.25) is 5.91 Å². The second kappa shape index (κ2) is 7.14. The quantitative estimate of drug-likeness (QED) is 0.861. The van der Waals surface area contributed by atoms with E-state index in [2.05, 4.69) is 0 Å². The maximum absolute atomic E-state index is 11.9. The lowest BCUT2D eigenvalue weighted by Gasteiger charge is -2.28. The molecule has 1 aromatic carbocycles. The minimum absolute atomic E-state index is 0.0196. The summed E-state index contributed by atoms with van der Waals surface area (Å²) in [4.78, 5) is 15.4. The molecule has 1 amide bonds. The van der Waals surface area contributed by atoms with E-state index >= 15 is 0 Å². The first-order chi connectivity index (χ1) is 9.42. The van der Waals surface area contributed by atoms with Gasteiger partial charge in [0.05, 0.1) is 19.8 Å². The van der Waals surface area contributed by atoms with Crippen LogP contribution in [0.3, 0.4) is 0 Å². The molecule has 0 saturated carbocycles. The van der Waals surface area contributed by atoms with Crippen LogP contribution in [0.1, 0.15) is 25.5 Å². The Kier molecular flexibility index (Phi) is 5.82. The van der Waals surface area contributed by atoms with E-state index in [1.54, 1.807) is 33.0 Å². The molecule has 0 fully saturated rings. The van der Waals surface area contributed by atoms with Gasteiger partial charge in [-0.15, -0.1) is 0 Å². The molecule has 0 aliphatic heterocycles. The van der Waals surface area contributed by atoms with Crippen molar-refractivity contribution in [3.05, 3.63) is 23.8 Å². The molecule has 0 bridgehead atoms. The third-order valence-corrected chi connectivity index (χ3v) is 3.23. The average molecular weight is 280 g/mol. The number of hydrogen-bond acceptors (Lipinski definition) is 4. The second-order valence-electron chi connectivity index (χ2n) is 4.87. The van der Waals surface area contributed by atoms with Crippen molar-refractivity contribution in [1.29, 1.82) is 0 Å². The van der Waals surface area contributed by atoms with Crippen LogP contribution in [-0.4, -0.2) is 50.2 Å². The first-order valence-corrected chi connectivity index (χ1v) is 6.72. The van der Waals surface area contributed by atoms with Crippen LogP contribution in [0.5, 0.6) is 5.75 Å². The molecule has 0 aliphatic rings. The number of aliphatic hydroxyl groups excluding tert-OH is 1. The molecule has 0 radical (unpaired) electrons. The average Bonchev–Trinajstić information content (AvgIpc) is 2.43. The van der Waals surface area contributed by atoms with Gasteiger partial charge in [0.1, 0.15) is 5.75 Å². The van der Waals surface area contributed by atoms with Gasteiger partial charge in [-0.2, -0.15) is 0 Å². The van der Waals surface area contributed by atoms with Gasteiger partial charge in [0.15, 0.2) is 0 Å². The van der Waals surface area contributed by atoms with Gasteiger partial charge in [-0.1, -0.05) is 6.07 Å². The van der Waals surface area contributed by atoms with Crippen LogP contribution in [0, 0.1) is 0 Å². The van der Waals surface area contributed by atoms with E-state index in [9.17, 15) is 9.90 Å². The van der Waals surface area contributed by atoms with Gasteiger partial charge in [-0.25, -0.2) is 0 Å². The highest BCUT2D eigenvalue weighted by Gasteiger charge is 2.20. The van der Waals surface area contributed by atoms with Crippen molar-refractivity contribution in [3.63, 3.8) is 0 Å². The van der Waals surface area contributed by atoms with E-state index in [4.69, 9.17) is 4.74 Å². The van der Waals surface area contributed by atoms with Gasteiger partial charge in [0.25, 0.3) is 0 Å². The Labute approximate surface area is 120 Å². The molecular weight excluding hydrogens is 256 g/mol. The Morgan fingerprint density at radius 2 is 2.05 bits per heavy atom. The zero-order valence-corrected chi connectivity index (χ0v) is 12.9. The van der Waals surface area contributed by atoms with Gasteiger partial charge in [0, 0.05) is 31.9 Å². The van der Waals surface area contributed by atoms with E-state index in [0.29, 0.717) is 17.9 Å². The summed E-state index contributed by atoms with van der Waals surface area (Å²) in [6, 6.07) is 5.58. The summed E-state index contributed by atoms with van der Waals surface area (Å²) < 4.78 is 5.31. The standard InChI is InChI=1S/C15H24N2O3/c1-6-17(10-14(19)16(3)4)12-8-7-9-13(20-5)15(12)11(2)18/h7-9,11,18H,6,10H2,1-5H3. The molecule has 20 heavy (non-hydrogen) atoms. The molecule has 1 aromatic rings. The van der Waals surface area contributed by atoms with Crippen molar-refractivity contribution in [3.8, 4) is 5.75 Å². The number of hydrogen-bond donors (Lipinski definition) is 1. The lowest BCUT2D eigenvalue weighted by Crippen LogP contribution is -2.37. The van der Waals surface area contributed by atoms with Gasteiger partial charge < -0.3 is 19.6 Å². The van der Waals surface area contributed by atoms with Crippen LogP contribution in [0.15, 0.2) is 18.2 Å². The van der Waals surface area contributed by atoms with Crippen molar-refractivity contribution >= 4 is 11.6 Å². The lowest BCUT2D eigenvalue weighted by atomic mass is 10.1. The Morgan fingerprint density at radius 1 is 1.40 bits per heavy atom. The van der Waals surface area contributed by atoms with E-state index in [1.807, 2.05) is 30.0 Å². The minimum atomic E-state index is -0.662. The largest absolute Gasteiger partial charge is 0.496 e. The van der Waals surface area contributed by atoms with Crippen LogP contribution in [0.4, 0.5) is 5.69 Å². The number of likely N-dealkylation sites (N-methyl/N-ethyl adjacent to an activating group) is 2. The highest BCUT2D eigenvalue weighted by atomic mass is 16.5. The summed E-state index contributed by atoms with van der Waals surface area (Å²) in [6.07, 6.45) is -0.662. The zero-order chi connectivity index (χ0) is 15.3. The molecule has 0 saturated heterocycles. The van der Waals surface area contributed by atoms with Crippen molar-refractivity contribution in [1.82, 2.24) is 4.90 Å². The number of anilines is 1. The number of carbonyl (C=O) groups excluding carboxylic acids is 1. The number of carbonyl (C=O) groups is 1. The molecular formula is C15H24N2O3. The third kappa shape index (κ3) is 3.63. The second-order valence-corrected chi connectivity index (χ2v) is 4.87. The zero-order valence-electron chi connectivity index (χ0n) is 12.9. The first kappa shape index (κ1) is 16.3. The summed E-state index contributed by atoms with van der Waals surface area (Å²) in [7, 11) is 5.04. The number of nitrogens with zero attached hydrogens (tertiary/aromatic N) is 2. The molecule has 1 unspecified atom stereocenters. The first-order valence-electron chi connectivity index (χ1n) is 6.72. The number of methoxy groups -OCH3 is 1. The SMILES string of the molecule is CCN(CC(=O)N(C)C)c1cccc(OC)c1C(C)O. The fourth-order valence-corrected chi connectivity index (χ4v) is 2.08. The van der Waals surface area contributed by atoms with Crippen molar-refractivity contribution < 1.29 is 14.6 Å². The van der Waals surface area contributed by atoms with Gasteiger partial charge in [-0.05, 0) is 26.0 Å². The number of rotatable bonds is 6. The molecule has 112 valence electrons. The van der Waals surface area contributed by atoms with E-state index in [0.717, 1.165) is 5.69 Å². The summed E-state index contributed by atoms with van der Waals surface area (Å²) in [5.41, 5.74) is 1.54. The maximum Gasteiger partial charge on any atom is 0.241 e. The highest BCUT2D eigenvalue weighted by molar-refractivity contribution is 5.81. The molecule has 0 heterocycles. The van der Waals surface area contributed by atoms with Crippen molar-refractivity contribution in [2.45, 2.75) is 20.0 Å². The van der Waals surface area contributed by atoms with Crippen LogP contribution < -0.4 is 9.64 Å².